The van der Waals surface area contributed by atoms with Crippen LogP contribution in [0.3, 0.4) is 0 Å². The molecule has 1 aromatic rings. The molecular formula is C11H11FN2O2. The number of piperidine rings is 1. The first-order valence-corrected chi connectivity index (χ1v) is 4.93. The lowest BCUT2D eigenvalue weighted by molar-refractivity contribution is -0.135. The third-order valence-electron chi connectivity index (χ3n) is 2.78. The summed E-state index contributed by atoms with van der Waals surface area (Å²) in [5, 5.41) is 2.23. The van der Waals surface area contributed by atoms with E-state index in [1.807, 2.05) is 0 Å². The average Bonchev–Trinajstić information content (AvgIpc) is 2.15. The minimum atomic E-state index is -0.658. The average molecular weight is 222 g/mol. The Kier molecular flexibility index (Phi) is 2.46. The van der Waals surface area contributed by atoms with Gasteiger partial charge in [-0.25, -0.2) is 4.39 Å². The summed E-state index contributed by atoms with van der Waals surface area (Å²) in [6, 6.07) is 1.32. The number of nitrogens with one attached hydrogen (secondary N) is 1. The highest BCUT2D eigenvalue weighted by atomic mass is 19.1. The summed E-state index contributed by atoms with van der Waals surface area (Å²) >= 11 is 0. The number of pyridine rings is 1. The minimum absolute atomic E-state index is 0.171. The van der Waals surface area contributed by atoms with Gasteiger partial charge in [-0.1, -0.05) is 6.92 Å². The molecule has 1 saturated heterocycles. The normalized spacial score (nSPS) is 19.4. The monoisotopic (exact) mass is 222 g/mol. The summed E-state index contributed by atoms with van der Waals surface area (Å²) < 4.78 is 13.0. The molecule has 4 nitrogen and oxygen atoms in total. The van der Waals surface area contributed by atoms with Crippen LogP contribution in [0.1, 0.15) is 25.3 Å². The molecule has 0 spiro atoms. The van der Waals surface area contributed by atoms with Crippen molar-refractivity contribution in [2.24, 2.45) is 0 Å². The molecule has 16 heavy (non-hydrogen) atoms. The topological polar surface area (TPSA) is 59.1 Å². The smallest absolute Gasteiger partial charge is 0.227 e. The second kappa shape index (κ2) is 3.66. The molecule has 1 aromatic heterocycles. The molecular weight excluding hydrogens is 211 g/mol. The molecule has 2 rings (SSSR count). The summed E-state index contributed by atoms with van der Waals surface area (Å²) in [4.78, 5) is 26.3. The molecule has 2 heterocycles. The van der Waals surface area contributed by atoms with E-state index in [4.69, 9.17) is 0 Å². The minimum Gasteiger partial charge on any atom is -0.296 e. The number of nitrogens with zero attached hydrogens (tertiary/aromatic N) is 1. The molecule has 1 aliphatic rings. The van der Waals surface area contributed by atoms with Crippen molar-refractivity contribution in [1.82, 2.24) is 10.3 Å². The van der Waals surface area contributed by atoms with E-state index in [2.05, 4.69) is 10.3 Å². The number of halogens is 1. The molecule has 0 unspecified atom stereocenters. The van der Waals surface area contributed by atoms with E-state index in [1.54, 1.807) is 6.92 Å². The zero-order chi connectivity index (χ0) is 11.8. The third-order valence-corrected chi connectivity index (χ3v) is 2.78. The number of carbonyl (C=O) groups is 2. The summed E-state index contributed by atoms with van der Waals surface area (Å²) in [5.74, 6) is -1.12. The standard InChI is InChI=1S/C11H11FN2O2/c1-11(3-9(15)14-10(16)4-11)7-2-8(12)6-13-5-7/h2,5-6H,3-4H2,1H3,(H,14,15,16). The van der Waals surface area contributed by atoms with Crippen LogP contribution in [0.5, 0.6) is 0 Å². The van der Waals surface area contributed by atoms with E-state index < -0.39 is 11.2 Å². The molecule has 0 saturated carbocycles. The lowest BCUT2D eigenvalue weighted by Crippen LogP contribution is -2.45. The van der Waals surface area contributed by atoms with Gasteiger partial charge < -0.3 is 0 Å². The second-order valence-electron chi connectivity index (χ2n) is 4.28. The van der Waals surface area contributed by atoms with Crippen LogP contribution in [0, 0.1) is 5.82 Å². The second-order valence-corrected chi connectivity index (χ2v) is 4.28. The summed E-state index contributed by atoms with van der Waals surface area (Å²) in [5.41, 5.74) is -0.0789. The van der Waals surface area contributed by atoms with Gasteiger partial charge in [0.2, 0.25) is 11.8 Å². The fraction of sp³-hybridized carbons (Fsp3) is 0.364. The quantitative estimate of drug-likeness (QED) is 0.718. The molecule has 1 fully saturated rings. The molecule has 5 heteroatoms. The first kappa shape index (κ1) is 10.7. The van der Waals surface area contributed by atoms with Crippen LogP contribution in [0.2, 0.25) is 0 Å². The predicted octanol–water partition coefficient (Wildman–Crippen LogP) is 0.915. The Hall–Kier alpha value is -1.78. The van der Waals surface area contributed by atoms with Gasteiger partial charge >= 0.3 is 0 Å². The zero-order valence-corrected chi connectivity index (χ0v) is 8.79. The van der Waals surface area contributed by atoms with Crippen LogP contribution in [0.4, 0.5) is 4.39 Å². The van der Waals surface area contributed by atoms with Crippen molar-refractivity contribution in [2.45, 2.75) is 25.2 Å². The Balaban J connectivity index is 2.37. The summed E-state index contributed by atoms with van der Waals surface area (Å²) in [6.45, 7) is 1.76. The largest absolute Gasteiger partial charge is 0.296 e. The van der Waals surface area contributed by atoms with Crippen molar-refractivity contribution in [3.8, 4) is 0 Å². The van der Waals surface area contributed by atoms with Gasteiger partial charge in [0, 0.05) is 24.5 Å². The highest BCUT2D eigenvalue weighted by Crippen LogP contribution is 2.33. The van der Waals surface area contributed by atoms with Gasteiger partial charge in [-0.05, 0) is 11.6 Å². The van der Waals surface area contributed by atoms with Gasteiger partial charge in [0.15, 0.2) is 0 Å². The highest BCUT2D eigenvalue weighted by molar-refractivity contribution is 5.99. The molecule has 2 amide bonds. The Morgan fingerprint density at radius 3 is 2.50 bits per heavy atom. The molecule has 0 aromatic carbocycles. The Morgan fingerprint density at radius 2 is 1.94 bits per heavy atom. The SMILES string of the molecule is CC1(c2cncc(F)c2)CC(=O)NC(=O)C1. The third kappa shape index (κ3) is 1.93. The molecule has 84 valence electrons. The number of aromatic nitrogens is 1. The van der Waals surface area contributed by atoms with Crippen LogP contribution in [0.15, 0.2) is 18.5 Å². The van der Waals surface area contributed by atoms with Gasteiger partial charge in [-0.2, -0.15) is 0 Å². The van der Waals surface area contributed by atoms with Crippen molar-refractivity contribution in [2.75, 3.05) is 0 Å². The van der Waals surface area contributed by atoms with Crippen LogP contribution < -0.4 is 5.32 Å². The number of rotatable bonds is 1. The van der Waals surface area contributed by atoms with Crippen LogP contribution in [-0.2, 0) is 15.0 Å². The number of carbonyl (C=O) groups excluding carboxylic acids is 2. The van der Waals surface area contributed by atoms with Crippen molar-refractivity contribution < 1.29 is 14.0 Å². The van der Waals surface area contributed by atoms with E-state index >= 15 is 0 Å². The molecule has 0 aliphatic carbocycles. The molecule has 0 bridgehead atoms. The molecule has 0 radical (unpaired) electrons. The molecule has 1 aliphatic heterocycles. The summed E-state index contributed by atoms with van der Waals surface area (Å²) in [6.07, 6.45) is 2.93. The maximum Gasteiger partial charge on any atom is 0.227 e. The molecule has 1 N–H and O–H groups in total. The van der Waals surface area contributed by atoms with Gasteiger partial charge in [0.1, 0.15) is 5.82 Å². The van der Waals surface area contributed by atoms with Crippen LogP contribution in [0.25, 0.3) is 0 Å². The number of hydrogen-bond acceptors (Lipinski definition) is 3. The van der Waals surface area contributed by atoms with Gasteiger partial charge in [-0.15, -0.1) is 0 Å². The highest BCUT2D eigenvalue weighted by Gasteiger charge is 2.37. The Bertz CT molecular complexity index is 443. The van der Waals surface area contributed by atoms with E-state index in [0.717, 1.165) is 6.20 Å². The number of amides is 2. The maximum absolute atomic E-state index is 13.0. The van der Waals surface area contributed by atoms with Crippen LogP contribution >= 0.6 is 0 Å². The summed E-state index contributed by atoms with van der Waals surface area (Å²) in [7, 11) is 0. The maximum atomic E-state index is 13.0. The lowest BCUT2D eigenvalue weighted by Gasteiger charge is -2.32. The first-order chi connectivity index (χ1) is 7.49. The van der Waals surface area contributed by atoms with Crippen molar-refractivity contribution in [1.29, 1.82) is 0 Å². The van der Waals surface area contributed by atoms with Gasteiger partial charge in [0.05, 0.1) is 6.20 Å². The number of hydrogen-bond donors (Lipinski definition) is 1. The predicted molar refractivity (Wildman–Crippen MR) is 53.9 cm³/mol. The lowest BCUT2D eigenvalue weighted by atomic mass is 9.75. The zero-order valence-electron chi connectivity index (χ0n) is 8.79. The van der Waals surface area contributed by atoms with Crippen molar-refractivity contribution in [3.05, 3.63) is 29.8 Å². The van der Waals surface area contributed by atoms with Gasteiger partial charge in [0.25, 0.3) is 0 Å². The first-order valence-electron chi connectivity index (χ1n) is 4.93. The van der Waals surface area contributed by atoms with Gasteiger partial charge in [-0.3, -0.25) is 19.9 Å². The van der Waals surface area contributed by atoms with Crippen molar-refractivity contribution in [3.63, 3.8) is 0 Å². The Morgan fingerprint density at radius 1 is 1.31 bits per heavy atom. The van der Waals surface area contributed by atoms with E-state index in [-0.39, 0.29) is 24.7 Å². The Labute approximate surface area is 91.9 Å². The molecule has 0 atom stereocenters. The van der Waals surface area contributed by atoms with E-state index in [1.165, 1.54) is 12.3 Å². The van der Waals surface area contributed by atoms with Crippen molar-refractivity contribution >= 4 is 11.8 Å². The fourth-order valence-electron chi connectivity index (χ4n) is 1.96. The van der Waals surface area contributed by atoms with E-state index in [9.17, 15) is 14.0 Å². The fourth-order valence-corrected chi connectivity index (χ4v) is 1.96. The number of imide groups is 1. The van der Waals surface area contributed by atoms with Crippen LogP contribution in [-0.4, -0.2) is 16.8 Å². The van der Waals surface area contributed by atoms with E-state index in [0.29, 0.717) is 5.56 Å².